The van der Waals surface area contributed by atoms with Crippen molar-refractivity contribution >= 4 is 0 Å². The van der Waals surface area contributed by atoms with Crippen molar-refractivity contribution in [3.63, 3.8) is 0 Å². The predicted octanol–water partition coefficient (Wildman–Crippen LogP) is 5.33. The minimum Gasteiger partial charge on any atom is -0.378 e. The number of hydrogen-bond acceptors (Lipinski definition) is 2. The van der Waals surface area contributed by atoms with Crippen molar-refractivity contribution in [3.8, 4) is 6.07 Å². The van der Waals surface area contributed by atoms with Crippen LogP contribution in [-0.4, -0.2) is 12.7 Å². The van der Waals surface area contributed by atoms with E-state index in [0.717, 1.165) is 31.3 Å². The van der Waals surface area contributed by atoms with Gasteiger partial charge in [0.1, 0.15) is 0 Å². The van der Waals surface area contributed by atoms with Gasteiger partial charge in [0.25, 0.3) is 0 Å². The molecule has 0 aliphatic heterocycles. The van der Waals surface area contributed by atoms with Gasteiger partial charge in [0.15, 0.2) is 0 Å². The first-order chi connectivity index (χ1) is 10.3. The zero-order valence-corrected chi connectivity index (χ0v) is 14.0. The standard InChI is InChI=1S/C19H33NO/c1-3-5-11-21-19-10-9-15-12-16(7-8-17(15)13-19)18(14-20)6-4-2/h15-19H,3-13H2,1-2H3/t15-,16+,17-,18?,19-/m0/s1. The minimum absolute atomic E-state index is 0.314. The smallest absolute Gasteiger partial charge is 0.0658 e. The van der Waals surface area contributed by atoms with Crippen LogP contribution in [-0.2, 0) is 4.74 Å². The highest BCUT2D eigenvalue weighted by molar-refractivity contribution is 4.94. The maximum Gasteiger partial charge on any atom is 0.0658 e. The molecule has 21 heavy (non-hydrogen) atoms. The Balaban J connectivity index is 1.79. The van der Waals surface area contributed by atoms with E-state index in [9.17, 15) is 5.26 Å². The highest BCUT2D eigenvalue weighted by Crippen LogP contribution is 2.46. The van der Waals surface area contributed by atoms with Crippen LogP contribution in [0.15, 0.2) is 0 Å². The monoisotopic (exact) mass is 291 g/mol. The van der Waals surface area contributed by atoms with Crippen molar-refractivity contribution in [1.29, 1.82) is 5.26 Å². The average molecular weight is 291 g/mol. The zero-order valence-electron chi connectivity index (χ0n) is 14.0. The summed E-state index contributed by atoms with van der Waals surface area (Å²) in [6, 6.07) is 2.59. The third-order valence-electron chi connectivity index (χ3n) is 5.79. The summed E-state index contributed by atoms with van der Waals surface area (Å²) in [5, 5.41) is 9.40. The van der Waals surface area contributed by atoms with Crippen LogP contribution in [0.25, 0.3) is 0 Å². The summed E-state index contributed by atoms with van der Waals surface area (Å²) in [7, 11) is 0. The Labute approximate surface area is 131 Å². The molecule has 2 heteroatoms. The number of nitriles is 1. The third kappa shape index (κ3) is 4.71. The number of fused-ring (bicyclic) bond motifs is 1. The van der Waals surface area contributed by atoms with E-state index in [-0.39, 0.29) is 0 Å². The quantitative estimate of drug-likeness (QED) is 0.594. The van der Waals surface area contributed by atoms with E-state index in [1.54, 1.807) is 0 Å². The number of nitrogens with zero attached hydrogens (tertiary/aromatic N) is 1. The molecule has 2 aliphatic rings. The van der Waals surface area contributed by atoms with Crippen molar-refractivity contribution < 1.29 is 4.74 Å². The van der Waals surface area contributed by atoms with Gasteiger partial charge in [-0.25, -0.2) is 0 Å². The first-order valence-corrected chi connectivity index (χ1v) is 9.29. The number of unbranched alkanes of at least 4 members (excludes halogenated alkanes) is 1. The van der Waals surface area contributed by atoms with Crippen LogP contribution in [0.1, 0.15) is 78.1 Å². The van der Waals surface area contributed by atoms with Gasteiger partial charge in [-0.3, -0.25) is 0 Å². The molecule has 2 aliphatic carbocycles. The van der Waals surface area contributed by atoms with Crippen molar-refractivity contribution in [2.24, 2.45) is 23.7 Å². The SMILES string of the molecule is CCCCO[C@H]1CC[C@H]2C[C@H](C(C#N)CCC)CC[C@H]2C1. The first kappa shape index (κ1) is 16.8. The molecule has 2 nitrogen and oxygen atoms in total. The predicted molar refractivity (Wildman–Crippen MR) is 86.8 cm³/mol. The Morgan fingerprint density at radius 2 is 1.81 bits per heavy atom. The molecule has 2 fully saturated rings. The van der Waals surface area contributed by atoms with Gasteiger partial charge in [-0.15, -0.1) is 0 Å². The minimum atomic E-state index is 0.314. The third-order valence-corrected chi connectivity index (χ3v) is 5.79. The maximum atomic E-state index is 9.40. The van der Waals surface area contributed by atoms with E-state index < -0.39 is 0 Å². The van der Waals surface area contributed by atoms with Gasteiger partial charge in [0.2, 0.25) is 0 Å². The van der Waals surface area contributed by atoms with Gasteiger partial charge in [0.05, 0.1) is 12.2 Å². The first-order valence-electron chi connectivity index (χ1n) is 9.29. The van der Waals surface area contributed by atoms with E-state index in [0.29, 0.717) is 17.9 Å². The Bertz CT molecular complexity index is 335. The molecule has 0 radical (unpaired) electrons. The van der Waals surface area contributed by atoms with Crippen molar-refractivity contribution in [2.45, 2.75) is 84.2 Å². The van der Waals surface area contributed by atoms with Crippen LogP contribution in [0.2, 0.25) is 0 Å². The topological polar surface area (TPSA) is 33.0 Å². The van der Waals surface area contributed by atoms with Crippen LogP contribution in [0.3, 0.4) is 0 Å². The molecule has 2 saturated carbocycles. The number of rotatable bonds is 7. The highest BCUT2D eigenvalue weighted by Gasteiger charge is 2.37. The molecule has 0 aromatic heterocycles. The lowest BCUT2D eigenvalue weighted by atomic mass is 9.64. The number of hydrogen-bond donors (Lipinski definition) is 0. The summed E-state index contributed by atoms with van der Waals surface area (Å²) in [4.78, 5) is 0. The Morgan fingerprint density at radius 1 is 1.05 bits per heavy atom. The van der Waals surface area contributed by atoms with Gasteiger partial charge in [-0.05, 0) is 69.1 Å². The molecule has 5 atom stereocenters. The van der Waals surface area contributed by atoms with Crippen LogP contribution in [0.4, 0.5) is 0 Å². The van der Waals surface area contributed by atoms with E-state index in [2.05, 4.69) is 19.9 Å². The Hall–Kier alpha value is -0.550. The Kier molecular flexibility index (Phi) is 7.04. The summed E-state index contributed by atoms with van der Waals surface area (Å²) in [6.07, 6.45) is 13.0. The van der Waals surface area contributed by atoms with Gasteiger partial charge in [-0.2, -0.15) is 5.26 Å². The fraction of sp³-hybridized carbons (Fsp3) is 0.947. The molecule has 0 heterocycles. The number of ether oxygens (including phenoxy) is 1. The molecular weight excluding hydrogens is 258 g/mol. The van der Waals surface area contributed by atoms with Crippen molar-refractivity contribution in [1.82, 2.24) is 0 Å². The van der Waals surface area contributed by atoms with Crippen LogP contribution in [0, 0.1) is 35.0 Å². The lowest BCUT2D eigenvalue weighted by molar-refractivity contribution is -0.0226. The normalized spacial score (nSPS) is 34.0. The van der Waals surface area contributed by atoms with Gasteiger partial charge >= 0.3 is 0 Å². The molecule has 0 amide bonds. The lowest BCUT2D eigenvalue weighted by Gasteiger charge is -2.43. The molecule has 0 spiro atoms. The van der Waals surface area contributed by atoms with E-state index in [1.165, 1.54) is 51.4 Å². The molecule has 0 saturated heterocycles. The molecular formula is C19H33NO. The maximum absolute atomic E-state index is 9.40. The summed E-state index contributed by atoms with van der Waals surface area (Å²) in [6.45, 7) is 5.38. The van der Waals surface area contributed by atoms with Gasteiger partial charge in [0, 0.05) is 12.5 Å². The van der Waals surface area contributed by atoms with Crippen LogP contribution < -0.4 is 0 Å². The fourth-order valence-corrected chi connectivity index (χ4v) is 4.51. The molecule has 0 aromatic carbocycles. The second-order valence-electron chi connectivity index (χ2n) is 7.28. The van der Waals surface area contributed by atoms with Gasteiger partial charge < -0.3 is 4.74 Å². The van der Waals surface area contributed by atoms with Gasteiger partial charge in [-0.1, -0.05) is 26.7 Å². The summed E-state index contributed by atoms with van der Waals surface area (Å²) in [5.41, 5.74) is 0. The average Bonchev–Trinajstić information content (AvgIpc) is 2.52. The molecule has 120 valence electrons. The van der Waals surface area contributed by atoms with Crippen molar-refractivity contribution in [3.05, 3.63) is 0 Å². The van der Waals surface area contributed by atoms with Crippen LogP contribution in [0.5, 0.6) is 0 Å². The molecule has 0 bridgehead atoms. The van der Waals surface area contributed by atoms with E-state index in [1.807, 2.05) is 0 Å². The van der Waals surface area contributed by atoms with Crippen LogP contribution >= 0.6 is 0 Å². The van der Waals surface area contributed by atoms with Crippen molar-refractivity contribution in [2.75, 3.05) is 6.61 Å². The lowest BCUT2D eigenvalue weighted by Crippen LogP contribution is -2.36. The van der Waals surface area contributed by atoms with E-state index >= 15 is 0 Å². The summed E-state index contributed by atoms with van der Waals surface area (Å²) in [5.74, 6) is 2.74. The molecule has 0 aromatic rings. The Morgan fingerprint density at radius 3 is 2.52 bits per heavy atom. The second-order valence-corrected chi connectivity index (χ2v) is 7.28. The second kappa shape index (κ2) is 8.79. The highest BCUT2D eigenvalue weighted by atomic mass is 16.5. The van der Waals surface area contributed by atoms with E-state index in [4.69, 9.17) is 4.74 Å². The molecule has 1 unspecified atom stereocenters. The molecule has 0 N–H and O–H groups in total. The molecule has 2 rings (SSSR count). The fourth-order valence-electron chi connectivity index (χ4n) is 4.51. The zero-order chi connectivity index (χ0) is 15.1. The summed E-state index contributed by atoms with van der Waals surface area (Å²) < 4.78 is 6.05. The largest absolute Gasteiger partial charge is 0.378 e. The summed E-state index contributed by atoms with van der Waals surface area (Å²) >= 11 is 0.